The number of aromatic amines is 1. The third-order valence-corrected chi connectivity index (χ3v) is 6.03. The predicted octanol–water partition coefficient (Wildman–Crippen LogP) is -1.51. The molecule has 196 valence electrons. The summed E-state index contributed by atoms with van der Waals surface area (Å²) >= 11 is 1.44. The minimum Gasteiger partial charge on any atom is -0.480 e. The van der Waals surface area contributed by atoms with Crippen molar-refractivity contribution in [1.29, 1.82) is 0 Å². The number of aromatic nitrogens is 2. The number of H-pyrrole nitrogens is 1. The molecule has 13 nitrogen and oxygen atoms in total. The normalized spacial score (nSPS) is 15.2. The highest BCUT2D eigenvalue weighted by Crippen LogP contribution is 2.10. The summed E-state index contributed by atoms with van der Waals surface area (Å²) in [4.78, 5) is 68.0. The summed E-state index contributed by atoms with van der Waals surface area (Å²) in [6.07, 6.45) is 5.04. The van der Waals surface area contributed by atoms with E-state index in [4.69, 9.17) is 11.5 Å². The molecule has 5 unspecified atom stereocenters. The second kappa shape index (κ2) is 15.0. The van der Waals surface area contributed by atoms with E-state index in [0.29, 0.717) is 17.9 Å². The third-order valence-electron chi connectivity index (χ3n) is 5.39. The number of carboxylic acids is 1. The lowest BCUT2D eigenvalue weighted by Gasteiger charge is -2.27. The monoisotopic (exact) mass is 513 g/mol. The lowest BCUT2D eigenvalue weighted by molar-refractivity contribution is -0.142. The molecule has 1 heterocycles. The number of amides is 4. The summed E-state index contributed by atoms with van der Waals surface area (Å²) in [7, 11) is 0. The van der Waals surface area contributed by atoms with Crippen molar-refractivity contribution >= 4 is 41.4 Å². The summed E-state index contributed by atoms with van der Waals surface area (Å²) in [6, 6.07) is -4.58. The van der Waals surface area contributed by atoms with E-state index in [-0.39, 0.29) is 18.8 Å². The van der Waals surface area contributed by atoms with Crippen molar-refractivity contribution in [2.24, 2.45) is 17.4 Å². The van der Waals surface area contributed by atoms with Crippen LogP contribution >= 0.6 is 11.8 Å². The fourth-order valence-electron chi connectivity index (χ4n) is 3.12. The molecule has 0 aliphatic rings. The van der Waals surface area contributed by atoms with Crippen LogP contribution in [0.3, 0.4) is 0 Å². The molecule has 4 amide bonds. The zero-order valence-corrected chi connectivity index (χ0v) is 20.9. The highest BCUT2D eigenvalue weighted by molar-refractivity contribution is 7.98. The molecule has 9 N–H and O–H groups in total. The first-order chi connectivity index (χ1) is 16.5. The van der Waals surface area contributed by atoms with Gasteiger partial charge in [0.15, 0.2) is 0 Å². The molecule has 35 heavy (non-hydrogen) atoms. The van der Waals surface area contributed by atoms with Crippen molar-refractivity contribution < 1.29 is 29.1 Å². The molecule has 5 atom stereocenters. The number of hydrogen-bond acceptors (Lipinski definition) is 8. The molecular weight excluding hydrogens is 478 g/mol. The van der Waals surface area contributed by atoms with Crippen LogP contribution in [-0.2, 0) is 30.4 Å². The van der Waals surface area contributed by atoms with E-state index in [2.05, 4.69) is 25.9 Å². The highest BCUT2D eigenvalue weighted by Gasteiger charge is 2.33. The Hall–Kier alpha value is -3.13. The standard InChI is InChI=1S/C21H35N7O6S/c1-4-11(2)17(28-18(30)13(22)8-16(23)29)20(32)27-15(7-12-9-24-10-25-12)19(31)26-14(21(33)34)5-6-35-3/h9-11,13-15,17H,4-8,22H2,1-3H3,(H2,23,29)(H,24,25)(H,26,31)(H,27,32)(H,28,30)(H,33,34). The maximum Gasteiger partial charge on any atom is 0.326 e. The van der Waals surface area contributed by atoms with Crippen molar-refractivity contribution in [3.8, 4) is 0 Å². The molecule has 1 aromatic heterocycles. The minimum atomic E-state index is -1.23. The molecule has 0 bridgehead atoms. The quantitative estimate of drug-likeness (QED) is 0.136. The van der Waals surface area contributed by atoms with Gasteiger partial charge in [0.2, 0.25) is 23.6 Å². The molecule has 0 aliphatic carbocycles. The molecule has 14 heteroatoms. The van der Waals surface area contributed by atoms with Crippen LogP contribution < -0.4 is 27.4 Å². The molecule has 0 radical (unpaired) electrons. The smallest absolute Gasteiger partial charge is 0.326 e. The van der Waals surface area contributed by atoms with E-state index in [0.717, 1.165) is 0 Å². The summed E-state index contributed by atoms with van der Waals surface area (Å²) < 4.78 is 0. The van der Waals surface area contributed by atoms with Crippen LogP contribution in [0.4, 0.5) is 0 Å². The Labute approximate surface area is 207 Å². The fourth-order valence-corrected chi connectivity index (χ4v) is 3.60. The van der Waals surface area contributed by atoms with E-state index < -0.39 is 60.2 Å². The number of imidazole rings is 1. The Kier molecular flexibility index (Phi) is 12.8. The van der Waals surface area contributed by atoms with Gasteiger partial charge < -0.3 is 37.5 Å². The predicted molar refractivity (Wildman–Crippen MR) is 130 cm³/mol. The molecule has 0 saturated carbocycles. The van der Waals surface area contributed by atoms with Gasteiger partial charge in [-0.25, -0.2) is 9.78 Å². The van der Waals surface area contributed by atoms with Crippen LogP contribution in [0.25, 0.3) is 0 Å². The summed E-state index contributed by atoms with van der Waals surface area (Å²) in [5.41, 5.74) is 11.3. The number of primary amides is 1. The summed E-state index contributed by atoms with van der Waals surface area (Å²) in [5, 5.41) is 17.1. The van der Waals surface area contributed by atoms with E-state index in [1.54, 1.807) is 6.92 Å². The number of carbonyl (C=O) groups excluding carboxylic acids is 4. The topological polar surface area (TPSA) is 222 Å². The number of rotatable bonds is 16. The van der Waals surface area contributed by atoms with Crippen LogP contribution in [0.2, 0.25) is 0 Å². The van der Waals surface area contributed by atoms with Gasteiger partial charge >= 0.3 is 5.97 Å². The SMILES string of the molecule is CCC(C)C(NC(=O)C(N)CC(N)=O)C(=O)NC(Cc1cnc[nH]1)C(=O)NC(CCSC)C(=O)O. The van der Waals surface area contributed by atoms with Crippen LogP contribution in [0.1, 0.15) is 38.8 Å². The molecule has 1 rings (SSSR count). The zero-order chi connectivity index (χ0) is 26.5. The average Bonchev–Trinajstić information content (AvgIpc) is 3.31. The Bertz CT molecular complexity index is 866. The van der Waals surface area contributed by atoms with Gasteiger partial charge in [-0.2, -0.15) is 11.8 Å². The van der Waals surface area contributed by atoms with Gasteiger partial charge in [0, 0.05) is 18.3 Å². The number of nitrogens with two attached hydrogens (primary N) is 2. The molecule has 0 aromatic carbocycles. The number of nitrogens with zero attached hydrogens (tertiary/aromatic N) is 1. The Morgan fingerprint density at radius 3 is 2.29 bits per heavy atom. The lowest BCUT2D eigenvalue weighted by Crippen LogP contribution is -2.59. The molecule has 0 spiro atoms. The largest absolute Gasteiger partial charge is 0.480 e. The first-order valence-corrected chi connectivity index (χ1v) is 12.5. The van der Waals surface area contributed by atoms with Gasteiger partial charge in [0.1, 0.15) is 18.1 Å². The first-order valence-electron chi connectivity index (χ1n) is 11.1. The van der Waals surface area contributed by atoms with Crippen LogP contribution in [0, 0.1) is 5.92 Å². The van der Waals surface area contributed by atoms with Crippen molar-refractivity contribution in [2.75, 3.05) is 12.0 Å². The Morgan fingerprint density at radius 1 is 1.11 bits per heavy atom. The Balaban J connectivity index is 3.07. The number of hydrogen-bond donors (Lipinski definition) is 7. The van der Waals surface area contributed by atoms with Crippen molar-refractivity contribution in [3.63, 3.8) is 0 Å². The summed E-state index contributed by atoms with van der Waals surface area (Å²) in [6.45, 7) is 3.55. The van der Waals surface area contributed by atoms with Gasteiger partial charge in [-0.15, -0.1) is 0 Å². The van der Waals surface area contributed by atoms with Gasteiger partial charge in [-0.1, -0.05) is 20.3 Å². The number of nitrogens with one attached hydrogen (secondary N) is 4. The van der Waals surface area contributed by atoms with Crippen molar-refractivity contribution in [2.45, 2.75) is 63.7 Å². The van der Waals surface area contributed by atoms with Gasteiger partial charge in [-0.3, -0.25) is 19.2 Å². The molecule has 0 aliphatic heterocycles. The minimum absolute atomic E-state index is 0.00873. The maximum atomic E-state index is 13.2. The second-order valence-corrected chi connectivity index (χ2v) is 9.16. The van der Waals surface area contributed by atoms with Gasteiger partial charge in [0.05, 0.1) is 18.8 Å². The number of carboxylic acid groups (broad SMARTS) is 1. The van der Waals surface area contributed by atoms with E-state index >= 15 is 0 Å². The first kappa shape index (κ1) is 29.9. The second-order valence-electron chi connectivity index (χ2n) is 8.17. The zero-order valence-electron chi connectivity index (χ0n) is 20.1. The van der Waals surface area contributed by atoms with Crippen molar-refractivity contribution in [3.05, 3.63) is 18.2 Å². The third kappa shape index (κ3) is 10.3. The van der Waals surface area contributed by atoms with Gasteiger partial charge in [-0.05, 0) is 24.3 Å². The lowest BCUT2D eigenvalue weighted by atomic mass is 9.97. The van der Waals surface area contributed by atoms with Crippen LogP contribution in [-0.4, -0.2) is 80.8 Å². The number of carbonyl (C=O) groups is 5. The van der Waals surface area contributed by atoms with Gasteiger partial charge in [0.25, 0.3) is 0 Å². The number of thioether (sulfide) groups is 1. The number of aliphatic carboxylic acids is 1. The summed E-state index contributed by atoms with van der Waals surface area (Å²) in [5.74, 6) is -3.86. The fraction of sp³-hybridized carbons (Fsp3) is 0.619. The molecule has 0 saturated heterocycles. The molecular formula is C21H35N7O6S. The maximum absolute atomic E-state index is 13.2. The highest BCUT2D eigenvalue weighted by atomic mass is 32.2. The van der Waals surface area contributed by atoms with Crippen LogP contribution in [0.15, 0.2) is 12.5 Å². The Morgan fingerprint density at radius 2 is 1.77 bits per heavy atom. The molecule has 0 fully saturated rings. The van der Waals surface area contributed by atoms with E-state index in [1.807, 2.05) is 13.2 Å². The van der Waals surface area contributed by atoms with E-state index in [1.165, 1.54) is 24.3 Å². The van der Waals surface area contributed by atoms with Crippen LogP contribution in [0.5, 0.6) is 0 Å². The van der Waals surface area contributed by atoms with Crippen molar-refractivity contribution in [1.82, 2.24) is 25.9 Å². The molecule has 1 aromatic rings. The van der Waals surface area contributed by atoms with E-state index in [9.17, 15) is 29.1 Å². The average molecular weight is 514 g/mol.